The average molecular weight is 862 g/mol. The largest absolute Gasteiger partial charge is 0.497 e. The molecule has 2 aliphatic heterocycles. The van der Waals surface area contributed by atoms with Crippen LogP contribution < -0.4 is 19.5 Å². The van der Waals surface area contributed by atoms with E-state index in [-0.39, 0.29) is 31.2 Å². The minimum absolute atomic E-state index is 0.0631. The Balaban J connectivity index is 1.30. The summed E-state index contributed by atoms with van der Waals surface area (Å²) in [5.41, 5.74) is -1.53. The third-order valence-corrected chi connectivity index (χ3v) is 15.0. The molecular weight excluding hydrogens is 806 g/mol. The lowest BCUT2D eigenvalue weighted by Crippen LogP contribution is -2.62. The molecule has 3 heterocycles. The summed E-state index contributed by atoms with van der Waals surface area (Å²) in [6, 6.07) is 10.6. The van der Waals surface area contributed by atoms with Gasteiger partial charge in [0.05, 0.1) is 24.1 Å². The van der Waals surface area contributed by atoms with Crippen LogP contribution in [0.1, 0.15) is 86.5 Å². The number of halogens is 1. The van der Waals surface area contributed by atoms with Crippen LogP contribution in [0.25, 0.3) is 22.0 Å². The molecule has 16 heteroatoms. The molecule has 4 amide bonds. The standard InChI is InChI=1S/C45H56FN5O9S/c1-26-10-8-9-11-30-24-45(30,41(54)49-61(57,58)44(6)18-19-44)48-38(52)36-23-33(25-50(36)40(53)37(27(2)20-26)51(42(55)56)43(3,4)5)60-39-34-17-16-32(59-7)21-29(34)22-35(47-39)28-12-14-31(46)15-13-28/h9,11-17,21-22,26-27,30,33,36-37H,8,10,18-20,23-25H2,1-7H3,(H,48,52)(H,49,54)(H,55,56)/b11-9-/t26-,27+,30+,33+,36-,37-,45+/m0/s1. The van der Waals surface area contributed by atoms with E-state index in [0.717, 1.165) is 4.90 Å². The summed E-state index contributed by atoms with van der Waals surface area (Å²) >= 11 is 0. The number of pyridine rings is 1. The molecule has 0 bridgehead atoms. The number of benzene rings is 2. The zero-order valence-electron chi connectivity index (χ0n) is 35.7. The van der Waals surface area contributed by atoms with E-state index in [2.05, 4.69) is 10.0 Å². The van der Waals surface area contributed by atoms with Crippen molar-refractivity contribution in [1.29, 1.82) is 0 Å². The van der Waals surface area contributed by atoms with Gasteiger partial charge in [0.25, 0.3) is 5.91 Å². The van der Waals surface area contributed by atoms with E-state index < -0.39 is 85.5 Å². The number of fused-ring (bicyclic) bond motifs is 3. The number of aromatic nitrogens is 1. The number of sulfonamides is 1. The predicted octanol–water partition coefficient (Wildman–Crippen LogP) is 6.43. The summed E-state index contributed by atoms with van der Waals surface area (Å²) < 4.78 is 53.9. The van der Waals surface area contributed by atoms with Gasteiger partial charge < -0.3 is 24.8 Å². The third-order valence-electron chi connectivity index (χ3n) is 12.8. The molecule has 328 valence electrons. The van der Waals surface area contributed by atoms with Crippen LogP contribution >= 0.6 is 0 Å². The van der Waals surface area contributed by atoms with Crippen LogP contribution in [-0.2, 0) is 24.4 Å². The fourth-order valence-electron chi connectivity index (χ4n) is 8.91. The summed E-state index contributed by atoms with van der Waals surface area (Å²) in [5, 5.41) is 14.9. The second kappa shape index (κ2) is 16.2. The Morgan fingerprint density at radius 2 is 1.77 bits per heavy atom. The van der Waals surface area contributed by atoms with Crippen molar-refractivity contribution < 1.29 is 46.6 Å². The van der Waals surface area contributed by atoms with Crippen molar-refractivity contribution in [2.24, 2.45) is 17.8 Å². The monoisotopic (exact) mass is 861 g/mol. The van der Waals surface area contributed by atoms with E-state index in [1.54, 1.807) is 65.1 Å². The number of nitrogens with zero attached hydrogens (tertiary/aromatic N) is 3. The summed E-state index contributed by atoms with van der Waals surface area (Å²) in [4.78, 5) is 64.5. The van der Waals surface area contributed by atoms with Gasteiger partial charge in [-0.2, -0.15) is 0 Å². The van der Waals surface area contributed by atoms with Crippen LogP contribution in [0.4, 0.5) is 9.18 Å². The maximum Gasteiger partial charge on any atom is 0.408 e. The van der Waals surface area contributed by atoms with E-state index in [1.165, 1.54) is 17.0 Å². The normalized spacial score (nSPS) is 28.3. The highest BCUT2D eigenvalue weighted by molar-refractivity contribution is 7.91. The molecule has 0 unspecified atom stereocenters. The molecule has 2 aromatic carbocycles. The van der Waals surface area contributed by atoms with E-state index in [4.69, 9.17) is 14.5 Å². The maximum atomic E-state index is 15.2. The first kappa shape index (κ1) is 43.8. The van der Waals surface area contributed by atoms with E-state index in [9.17, 15) is 32.3 Å². The van der Waals surface area contributed by atoms with Crippen molar-refractivity contribution in [2.75, 3.05) is 13.7 Å². The highest BCUT2D eigenvalue weighted by Gasteiger charge is 2.63. The summed E-state index contributed by atoms with van der Waals surface area (Å²) in [5.74, 6) is -2.69. The van der Waals surface area contributed by atoms with Gasteiger partial charge in [0.2, 0.25) is 27.7 Å². The van der Waals surface area contributed by atoms with Crippen molar-refractivity contribution in [1.82, 2.24) is 24.8 Å². The lowest BCUT2D eigenvalue weighted by molar-refractivity contribution is -0.146. The number of carbonyl (C=O) groups is 4. The second-order valence-corrected chi connectivity index (χ2v) is 20.8. The van der Waals surface area contributed by atoms with Gasteiger partial charge in [0.1, 0.15) is 35.3 Å². The smallest absolute Gasteiger partial charge is 0.408 e. The van der Waals surface area contributed by atoms with Crippen LogP contribution in [-0.4, -0.2) is 99.8 Å². The van der Waals surface area contributed by atoms with Gasteiger partial charge in [-0.15, -0.1) is 0 Å². The first-order chi connectivity index (χ1) is 28.7. The number of hydrogen-bond acceptors (Lipinski definition) is 9. The lowest BCUT2D eigenvalue weighted by atomic mass is 9.85. The summed E-state index contributed by atoms with van der Waals surface area (Å²) in [7, 11) is -2.51. The Morgan fingerprint density at radius 1 is 1.07 bits per heavy atom. The highest BCUT2D eigenvalue weighted by atomic mass is 32.2. The van der Waals surface area contributed by atoms with E-state index in [0.29, 0.717) is 59.9 Å². The number of rotatable bonds is 8. The molecule has 3 aromatic rings. The molecule has 1 saturated heterocycles. The second-order valence-electron chi connectivity index (χ2n) is 18.6. The fourth-order valence-corrected chi connectivity index (χ4v) is 10.2. The number of hydrogen-bond donors (Lipinski definition) is 3. The number of carboxylic acid groups (broad SMARTS) is 1. The van der Waals surface area contributed by atoms with Gasteiger partial charge in [-0.1, -0.05) is 26.0 Å². The van der Waals surface area contributed by atoms with Crippen molar-refractivity contribution in [3.8, 4) is 22.9 Å². The predicted molar refractivity (Wildman–Crippen MR) is 227 cm³/mol. The fraction of sp³-hybridized carbons (Fsp3) is 0.533. The molecule has 61 heavy (non-hydrogen) atoms. The van der Waals surface area contributed by atoms with Crippen LogP contribution in [0.3, 0.4) is 0 Å². The van der Waals surface area contributed by atoms with Gasteiger partial charge in [-0.25, -0.2) is 22.6 Å². The number of carbonyl (C=O) groups excluding carboxylic acids is 3. The van der Waals surface area contributed by atoms with Gasteiger partial charge >= 0.3 is 6.09 Å². The van der Waals surface area contributed by atoms with Crippen LogP contribution in [0.15, 0.2) is 60.7 Å². The quantitative estimate of drug-likeness (QED) is 0.213. The molecule has 14 nitrogen and oxygen atoms in total. The van der Waals surface area contributed by atoms with Crippen LogP contribution in [0.5, 0.6) is 11.6 Å². The number of amides is 4. The average Bonchev–Trinajstić information content (AvgIpc) is 4.07. The molecule has 2 aliphatic carbocycles. The molecule has 3 N–H and O–H groups in total. The van der Waals surface area contributed by atoms with Crippen molar-refractivity contribution in [3.05, 3.63) is 66.5 Å². The molecule has 1 aromatic heterocycles. The van der Waals surface area contributed by atoms with Crippen molar-refractivity contribution in [2.45, 2.75) is 121 Å². The minimum atomic E-state index is -4.05. The Bertz CT molecular complexity index is 2360. The molecule has 4 aliphatic rings. The summed E-state index contributed by atoms with van der Waals surface area (Å²) in [6.45, 7) is 10.5. The Hall–Kier alpha value is -5.25. The number of nitrogens with one attached hydrogen (secondary N) is 2. The molecule has 7 rings (SSSR count). The van der Waals surface area contributed by atoms with Crippen LogP contribution in [0, 0.1) is 23.6 Å². The lowest BCUT2D eigenvalue weighted by Gasteiger charge is -2.43. The molecule has 3 fully saturated rings. The van der Waals surface area contributed by atoms with Gasteiger partial charge in [0, 0.05) is 28.8 Å². The van der Waals surface area contributed by atoms with Crippen molar-refractivity contribution in [3.63, 3.8) is 0 Å². The molecule has 0 spiro atoms. The zero-order valence-corrected chi connectivity index (χ0v) is 36.6. The van der Waals surface area contributed by atoms with Gasteiger partial charge in [-0.3, -0.25) is 24.0 Å². The van der Waals surface area contributed by atoms with Crippen molar-refractivity contribution >= 4 is 44.6 Å². The topological polar surface area (TPSA) is 185 Å². The molecule has 7 atom stereocenters. The zero-order chi connectivity index (χ0) is 44.2. The number of methoxy groups -OCH3 is 1. The number of allylic oxidation sites excluding steroid dienone is 1. The molecular formula is C45H56FN5O9S. The summed E-state index contributed by atoms with van der Waals surface area (Å²) in [6.07, 6.45) is 4.38. The van der Waals surface area contributed by atoms with Gasteiger partial charge in [0.15, 0.2) is 0 Å². The van der Waals surface area contributed by atoms with E-state index in [1.807, 2.05) is 32.1 Å². The maximum absolute atomic E-state index is 15.2. The van der Waals surface area contributed by atoms with Gasteiger partial charge in [-0.05, 0) is 132 Å². The Morgan fingerprint density at radius 3 is 2.41 bits per heavy atom. The Labute approximate surface area is 356 Å². The first-order valence-electron chi connectivity index (χ1n) is 21.0. The molecule has 0 radical (unpaired) electrons. The molecule has 2 saturated carbocycles. The Kier molecular flexibility index (Phi) is 11.7. The minimum Gasteiger partial charge on any atom is -0.497 e. The third kappa shape index (κ3) is 8.78. The number of ether oxygens (including phenoxy) is 2. The van der Waals surface area contributed by atoms with E-state index >= 15 is 4.79 Å². The van der Waals surface area contributed by atoms with Crippen LogP contribution in [0.2, 0.25) is 0 Å². The SMILES string of the molecule is COc1ccc2c(O[C@@H]3C[C@H]4C(=O)N[C@]5(C(=O)NS(=O)(=O)C6(C)CC6)C[C@H]5/C=C\CC[C@H](C)C[C@@H](C)[C@H](N(C(=O)O)C(C)(C)C)C(=O)N4C3)nc(-c3ccc(F)cc3)cc2c1. The first-order valence-corrected chi connectivity index (χ1v) is 22.4. The highest BCUT2D eigenvalue weighted by Crippen LogP contribution is 2.48.